The molecule has 50 heavy (non-hydrogen) atoms. The van der Waals surface area contributed by atoms with Crippen LogP contribution in [0.2, 0.25) is 0 Å². The number of esters is 2. The second-order valence-corrected chi connectivity index (χ2v) is 14.4. The number of carbonyl (C=O) groups excluding carboxylic acids is 2. The average Bonchev–Trinajstić information content (AvgIpc) is 3.10. The standard InChI is InChI=1S/C39H71O10P/c1-3-5-7-9-11-13-15-17-19-21-23-25-27-29-31-39(43)49-37(35-48-50(44,45)47-33-36(41)32-40)34-46-38(42)30-28-26-24-22-20-18-16-14-12-10-8-6-4-2/h9,11,14-17,36-37,40-41H,3-8,10,12-13,18-35H2,1-2H3,(H,44,45)/b11-9-,16-14-,17-15-. The Morgan fingerprint density at radius 2 is 1.06 bits per heavy atom. The second kappa shape index (κ2) is 35.6. The van der Waals surface area contributed by atoms with Gasteiger partial charge in [-0.25, -0.2) is 4.57 Å². The molecule has 10 nitrogen and oxygen atoms in total. The van der Waals surface area contributed by atoms with Crippen molar-refractivity contribution in [1.29, 1.82) is 0 Å². The quantitative estimate of drug-likeness (QED) is 0.0246. The van der Waals surface area contributed by atoms with Gasteiger partial charge >= 0.3 is 19.8 Å². The summed E-state index contributed by atoms with van der Waals surface area (Å²) in [6, 6.07) is 0. The first kappa shape index (κ1) is 48.2. The maximum Gasteiger partial charge on any atom is 0.472 e. The highest BCUT2D eigenvalue weighted by molar-refractivity contribution is 7.47. The number of aliphatic hydroxyl groups is 2. The third-order valence-electron chi connectivity index (χ3n) is 8.02. The number of phosphoric ester groups is 1. The van der Waals surface area contributed by atoms with Gasteiger partial charge in [-0.15, -0.1) is 0 Å². The van der Waals surface area contributed by atoms with E-state index in [4.69, 9.17) is 19.1 Å². The molecular formula is C39H71O10P. The van der Waals surface area contributed by atoms with E-state index in [2.05, 4.69) is 54.8 Å². The molecule has 0 radical (unpaired) electrons. The molecular weight excluding hydrogens is 659 g/mol. The molecule has 0 spiro atoms. The van der Waals surface area contributed by atoms with Crippen LogP contribution in [-0.4, -0.2) is 65.7 Å². The van der Waals surface area contributed by atoms with Gasteiger partial charge in [-0.05, 0) is 64.2 Å². The summed E-state index contributed by atoms with van der Waals surface area (Å²) in [5.41, 5.74) is 0. The molecule has 0 heterocycles. The van der Waals surface area contributed by atoms with Gasteiger partial charge in [-0.3, -0.25) is 18.6 Å². The Bertz CT molecular complexity index is 936. The molecule has 0 saturated carbocycles. The zero-order valence-corrected chi connectivity index (χ0v) is 32.3. The molecule has 0 aromatic heterocycles. The normalized spacial score (nSPS) is 14.4. The van der Waals surface area contributed by atoms with Gasteiger partial charge in [-0.1, -0.05) is 121 Å². The monoisotopic (exact) mass is 730 g/mol. The van der Waals surface area contributed by atoms with E-state index in [1.807, 2.05) is 0 Å². The Morgan fingerprint density at radius 3 is 1.62 bits per heavy atom. The first-order valence-corrected chi connectivity index (χ1v) is 20.9. The summed E-state index contributed by atoms with van der Waals surface area (Å²) in [5, 5.41) is 18.3. The number of allylic oxidation sites excluding steroid dienone is 6. The van der Waals surface area contributed by atoms with Gasteiger partial charge in [0, 0.05) is 12.8 Å². The molecule has 0 fully saturated rings. The predicted molar refractivity (Wildman–Crippen MR) is 201 cm³/mol. The van der Waals surface area contributed by atoms with E-state index in [9.17, 15) is 24.2 Å². The Labute approximate surface area is 303 Å². The molecule has 3 N–H and O–H groups in total. The lowest BCUT2D eigenvalue weighted by atomic mass is 10.1. The number of aliphatic hydroxyl groups excluding tert-OH is 2. The van der Waals surface area contributed by atoms with E-state index < -0.39 is 51.8 Å². The molecule has 0 aliphatic rings. The van der Waals surface area contributed by atoms with Crippen LogP contribution in [0, 0.1) is 0 Å². The minimum atomic E-state index is -4.62. The van der Waals surface area contributed by atoms with Crippen LogP contribution in [-0.2, 0) is 32.7 Å². The smallest absolute Gasteiger partial charge is 0.462 e. The van der Waals surface area contributed by atoms with E-state index in [1.165, 1.54) is 38.5 Å². The highest BCUT2D eigenvalue weighted by atomic mass is 31.2. The number of rotatable bonds is 36. The third-order valence-corrected chi connectivity index (χ3v) is 8.97. The number of phosphoric acid groups is 1. The van der Waals surface area contributed by atoms with Crippen LogP contribution in [0.25, 0.3) is 0 Å². The fraction of sp³-hybridized carbons (Fsp3) is 0.795. The molecule has 0 bridgehead atoms. The van der Waals surface area contributed by atoms with Crippen LogP contribution >= 0.6 is 7.82 Å². The van der Waals surface area contributed by atoms with Crippen molar-refractivity contribution in [1.82, 2.24) is 0 Å². The Balaban J connectivity index is 4.40. The molecule has 3 atom stereocenters. The summed E-state index contributed by atoms with van der Waals surface area (Å²) >= 11 is 0. The Hall–Kier alpha value is -1.81. The fourth-order valence-electron chi connectivity index (χ4n) is 4.94. The van der Waals surface area contributed by atoms with Crippen molar-refractivity contribution in [3.8, 4) is 0 Å². The van der Waals surface area contributed by atoms with Crippen molar-refractivity contribution in [3.05, 3.63) is 36.5 Å². The highest BCUT2D eigenvalue weighted by Crippen LogP contribution is 2.43. The molecule has 0 amide bonds. The first-order valence-electron chi connectivity index (χ1n) is 19.4. The zero-order chi connectivity index (χ0) is 37.0. The maximum atomic E-state index is 12.5. The van der Waals surface area contributed by atoms with Gasteiger partial charge in [0.2, 0.25) is 0 Å². The third kappa shape index (κ3) is 34.6. The lowest BCUT2D eigenvalue weighted by Crippen LogP contribution is -2.29. The van der Waals surface area contributed by atoms with Gasteiger partial charge < -0.3 is 24.6 Å². The Morgan fingerprint density at radius 1 is 0.600 bits per heavy atom. The number of unbranched alkanes of at least 4 members (excludes halogenated alkanes) is 16. The predicted octanol–water partition coefficient (Wildman–Crippen LogP) is 9.61. The minimum Gasteiger partial charge on any atom is -0.462 e. The topological polar surface area (TPSA) is 149 Å². The zero-order valence-electron chi connectivity index (χ0n) is 31.4. The van der Waals surface area contributed by atoms with E-state index in [1.54, 1.807) is 0 Å². The molecule has 0 rings (SSSR count). The van der Waals surface area contributed by atoms with Crippen molar-refractivity contribution in [2.24, 2.45) is 0 Å². The molecule has 0 aromatic rings. The number of hydrogen-bond donors (Lipinski definition) is 3. The molecule has 292 valence electrons. The van der Waals surface area contributed by atoms with Crippen LogP contribution in [0.3, 0.4) is 0 Å². The van der Waals surface area contributed by atoms with E-state index in [-0.39, 0.29) is 19.4 Å². The molecule has 0 aliphatic heterocycles. The van der Waals surface area contributed by atoms with E-state index in [0.29, 0.717) is 12.8 Å². The summed E-state index contributed by atoms with van der Waals surface area (Å²) in [6.07, 6.45) is 33.9. The van der Waals surface area contributed by atoms with Crippen LogP contribution in [0.15, 0.2) is 36.5 Å². The van der Waals surface area contributed by atoms with Crippen LogP contribution in [0.1, 0.15) is 162 Å². The largest absolute Gasteiger partial charge is 0.472 e. The lowest BCUT2D eigenvalue weighted by molar-refractivity contribution is -0.161. The summed E-state index contributed by atoms with van der Waals surface area (Å²) in [7, 11) is -4.62. The molecule has 0 saturated heterocycles. The first-order chi connectivity index (χ1) is 24.2. The van der Waals surface area contributed by atoms with Gasteiger partial charge in [0.1, 0.15) is 12.7 Å². The van der Waals surface area contributed by atoms with Crippen molar-refractivity contribution >= 4 is 19.8 Å². The maximum absolute atomic E-state index is 12.5. The Kier molecular flexibility index (Phi) is 34.3. The number of ether oxygens (including phenoxy) is 2. The summed E-state index contributed by atoms with van der Waals surface area (Å²) < 4.78 is 32.6. The van der Waals surface area contributed by atoms with Crippen molar-refractivity contribution in [3.63, 3.8) is 0 Å². The summed E-state index contributed by atoms with van der Waals surface area (Å²) in [4.78, 5) is 34.8. The molecule has 0 aromatic carbocycles. The van der Waals surface area contributed by atoms with Crippen LogP contribution in [0.5, 0.6) is 0 Å². The van der Waals surface area contributed by atoms with Gasteiger partial charge in [0.05, 0.1) is 19.8 Å². The van der Waals surface area contributed by atoms with Crippen molar-refractivity contribution < 1.29 is 47.8 Å². The molecule has 11 heteroatoms. The van der Waals surface area contributed by atoms with Gasteiger partial charge in [0.25, 0.3) is 0 Å². The van der Waals surface area contributed by atoms with Crippen LogP contribution in [0.4, 0.5) is 0 Å². The van der Waals surface area contributed by atoms with Gasteiger partial charge in [0.15, 0.2) is 6.10 Å². The highest BCUT2D eigenvalue weighted by Gasteiger charge is 2.27. The average molecular weight is 731 g/mol. The van der Waals surface area contributed by atoms with Crippen molar-refractivity contribution in [2.75, 3.05) is 26.4 Å². The summed E-state index contributed by atoms with van der Waals surface area (Å²) in [5.74, 6) is -0.954. The van der Waals surface area contributed by atoms with Crippen LogP contribution < -0.4 is 0 Å². The SMILES string of the molecule is CCCC/C=C\C/C=C\CCCCCCCC(=O)OC(COC(=O)CCCCCCC/C=C\CCCCCC)COP(=O)(O)OCC(O)CO. The van der Waals surface area contributed by atoms with E-state index in [0.717, 1.165) is 83.5 Å². The lowest BCUT2D eigenvalue weighted by Gasteiger charge is -2.20. The second-order valence-electron chi connectivity index (χ2n) is 12.9. The van der Waals surface area contributed by atoms with E-state index >= 15 is 0 Å². The number of hydrogen-bond acceptors (Lipinski definition) is 9. The van der Waals surface area contributed by atoms with Crippen molar-refractivity contribution in [2.45, 2.75) is 174 Å². The number of carbonyl (C=O) groups is 2. The molecule has 3 unspecified atom stereocenters. The molecule has 0 aliphatic carbocycles. The van der Waals surface area contributed by atoms with Gasteiger partial charge in [-0.2, -0.15) is 0 Å². The fourth-order valence-corrected chi connectivity index (χ4v) is 5.73. The summed E-state index contributed by atoms with van der Waals surface area (Å²) in [6.45, 7) is 2.28. The minimum absolute atomic E-state index is 0.166.